The van der Waals surface area contributed by atoms with E-state index in [4.69, 9.17) is 4.74 Å². The molecule has 0 aliphatic carbocycles. The lowest BCUT2D eigenvalue weighted by Gasteiger charge is -2.26. The van der Waals surface area contributed by atoms with E-state index in [9.17, 15) is 4.79 Å². The van der Waals surface area contributed by atoms with Gasteiger partial charge in [0, 0.05) is 6.42 Å². The highest BCUT2D eigenvalue weighted by atomic mass is 16.5. The zero-order valence-corrected chi connectivity index (χ0v) is 16.7. The summed E-state index contributed by atoms with van der Waals surface area (Å²) in [4.78, 5) is 11.6. The molecule has 1 aromatic rings. The normalized spacial score (nSPS) is 11.5. The SMILES string of the molecule is CC.CCOC(=O)CCc1cc(C(C)(C)C)cc(C(C)(C)C)c1. The van der Waals surface area contributed by atoms with Gasteiger partial charge in [0.15, 0.2) is 0 Å². The molecule has 0 N–H and O–H groups in total. The Morgan fingerprint density at radius 1 is 0.913 bits per heavy atom. The van der Waals surface area contributed by atoms with E-state index in [1.807, 2.05) is 20.8 Å². The summed E-state index contributed by atoms with van der Waals surface area (Å²) < 4.78 is 5.02. The van der Waals surface area contributed by atoms with Crippen LogP contribution in [0.2, 0.25) is 0 Å². The van der Waals surface area contributed by atoms with Crippen molar-refractivity contribution >= 4 is 5.97 Å². The van der Waals surface area contributed by atoms with Crippen LogP contribution in [0.3, 0.4) is 0 Å². The van der Waals surface area contributed by atoms with Crippen LogP contribution >= 0.6 is 0 Å². The highest BCUT2D eigenvalue weighted by Gasteiger charge is 2.20. The Bertz CT molecular complexity index is 455. The van der Waals surface area contributed by atoms with E-state index >= 15 is 0 Å². The number of hydrogen-bond donors (Lipinski definition) is 0. The maximum Gasteiger partial charge on any atom is 0.306 e. The Labute approximate surface area is 143 Å². The van der Waals surface area contributed by atoms with Crippen LogP contribution in [0.5, 0.6) is 0 Å². The van der Waals surface area contributed by atoms with E-state index in [2.05, 4.69) is 59.7 Å². The topological polar surface area (TPSA) is 26.3 Å². The molecule has 0 atom stereocenters. The quantitative estimate of drug-likeness (QED) is 0.655. The molecule has 0 fully saturated rings. The van der Waals surface area contributed by atoms with E-state index in [1.165, 1.54) is 16.7 Å². The second-order valence-corrected chi connectivity index (χ2v) is 7.72. The van der Waals surface area contributed by atoms with Gasteiger partial charge in [-0.25, -0.2) is 0 Å². The fourth-order valence-corrected chi connectivity index (χ4v) is 2.18. The van der Waals surface area contributed by atoms with Gasteiger partial charge in [-0.15, -0.1) is 0 Å². The summed E-state index contributed by atoms with van der Waals surface area (Å²) in [5.41, 5.74) is 4.10. The fourth-order valence-electron chi connectivity index (χ4n) is 2.18. The smallest absolute Gasteiger partial charge is 0.306 e. The van der Waals surface area contributed by atoms with Crippen molar-refractivity contribution in [3.8, 4) is 0 Å². The summed E-state index contributed by atoms with van der Waals surface area (Å²) in [6.07, 6.45) is 1.19. The lowest BCUT2D eigenvalue weighted by atomic mass is 9.79. The summed E-state index contributed by atoms with van der Waals surface area (Å²) >= 11 is 0. The van der Waals surface area contributed by atoms with Gasteiger partial charge >= 0.3 is 5.97 Å². The summed E-state index contributed by atoms with van der Waals surface area (Å²) in [5.74, 6) is -0.115. The van der Waals surface area contributed by atoms with Crippen LogP contribution in [0.1, 0.15) is 85.4 Å². The Morgan fingerprint density at radius 2 is 1.35 bits per heavy atom. The Hall–Kier alpha value is -1.31. The van der Waals surface area contributed by atoms with Crippen LogP contribution in [0.25, 0.3) is 0 Å². The van der Waals surface area contributed by atoms with Gasteiger partial charge in [0.2, 0.25) is 0 Å². The Balaban J connectivity index is 0.00000232. The predicted octanol–water partition coefficient (Wildman–Crippen LogP) is 5.80. The maximum absolute atomic E-state index is 11.6. The van der Waals surface area contributed by atoms with Crippen molar-refractivity contribution in [3.63, 3.8) is 0 Å². The molecule has 2 heteroatoms. The van der Waals surface area contributed by atoms with Gasteiger partial charge in [-0.05, 0) is 40.9 Å². The lowest BCUT2D eigenvalue weighted by Crippen LogP contribution is -2.17. The fraction of sp³-hybridized carbons (Fsp3) is 0.667. The van der Waals surface area contributed by atoms with Gasteiger partial charge in [-0.3, -0.25) is 4.79 Å². The standard InChI is InChI=1S/C19H30O2.C2H6/c1-8-21-17(20)10-9-14-11-15(18(2,3)4)13-16(12-14)19(5,6)7;1-2/h11-13H,8-10H2,1-7H3;1-2H3. The Morgan fingerprint density at radius 3 is 1.70 bits per heavy atom. The summed E-state index contributed by atoms with van der Waals surface area (Å²) in [6.45, 7) is 19.7. The van der Waals surface area contributed by atoms with Crippen molar-refractivity contribution in [2.75, 3.05) is 6.61 Å². The molecular weight excluding hydrogens is 284 g/mol. The van der Waals surface area contributed by atoms with Crippen molar-refractivity contribution in [3.05, 3.63) is 34.9 Å². The third kappa shape index (κ3) is 7.67. The molecule has 23 heavy (non-hydrogen) atoms. The minimum Gasteiger partial charge on any atom is -0.466 e. The van der Waals surface area contributed by atoms with Gasteiger partial charge in [-0.1, -0.05) is 73.6 Å². The maximum atomic E-state index is 11.6. The summed E-state index contributed by atoms with van der Waals surface area (Å²) in [5, 5.41) is 0. The van der Waals surface area contributed by atoms with Crippen LogP contribution in [-0.4, -0.2) is 12.6 Å². The van der Waals surface area contributed by atoms with Crippen LogP contribution in [0, 0.1) is 0 Å². The summed E-state index contributed by atoms with van der Waals surface area (Å²) in [6, 6.07) is 6.76. The molecule has 0 radical (unpaired) electrons. The monoisotopic (exact) mass is 320 g/mol. The number of aryl methyl sites for hydroxylation is 1. The molecule has 1 aromatic carbocycles. The molecule has 0 spiro atoms. The molecule has 0 aromatic heterocycles. The molecule has 0 aliphatic rings. The second-order valence-electron chi connectivity index (χ2n) is 7.72. The number of carbonyl (C=O) groups is 1. The molecule has 132 valence electrons. The first-order chi connectivity index (χ1) is 10.5. The molecule has 1 rings (SSSR count). The van der Waals surface area contributed by atoms with E-state index in [0.717, 1.165) is 6.42 Å². The molecular formula is C21H36O2. The number of hydrogen-bond acceptors (Lipinski definition) is 2. The molecule has 2 nitrogen and oxygen atoms in total. The van der Waals surface area contributed by atoms with Gasteiger partial charge < -0.3 is 4.74 Å². The molecule has 0 bridgehead atoms. The van der Waals surface area contributed by atoms with Crippen LogP contribution in [0.15, 0.2) is 18.2 Å². The van der Waals surface area contributed by atoms with E-state index in [0.29, 0.717) is 13.0 Å². The van der Waals surface area contributed by atoms with E-state index in [1.54, 1.807) is 0 Å². The zero-order valence-electron chi connectivity index (χ0n) is 16.7. The average molecular weight is 321 g/mol. The third-order valence-corrected chi connectivity index (χ3v) is 3.65. The van der Waals surface area contributed by atoms with E-state index < -0.39 is 0 Å². The molecule has 0 unspecified atom stereocenters. The zero-order chi connectivity index (χ0) is 18.3. The summed E-state index contributed by atoms with van der Waals surface area (Å²) in [7, 11) is 0. The highest BCUT2D eigenvalue weighted by Crippen LogP contribution is 2.30. The van der Waals surface area contributed by atoms with Crippen molar-refractivity contribution in [1.82, 2.24) is 0 Å². The number of rotatable bonds is 4. The van der Waals surface area contributed by atoms with E-state index in [-0.39, 0.29) is 16.8 Å². The number of benzene rings is 1. The van der Waals surface area contributed by atoms with Gasteiger partial charge in [0.25, 0.3) is 0 Å². The van der Waals surface area contributed by atoms with Crippen molar-refractivity contribution < 1.29 is 9.53 Å². The Kier molecular flexibility index (Phi) is 8.58. The highest BCUT2D eigenvalue weighted by molar-refractivity contribution is 5.69. The molecule has 0 heterocycles. The predicted molar refractivity (Wildman–Crippen MR) is 100 cm³/mol. The average Bonchev–Trinajstić information content (AvgIpc) is 2.45. The molecule has 0 aliphatic heterocycles. The minimum atomic E-state index is -0.115. The molecule has 0 amide bonds. The van der Waals surface area contributed by atoms with Gasteiger partial charge in [-0.2, -0.15) is 0 Å². The van der Waals surface area contributed by atoms with Crippen molar-refractivity contribution in [1.29, 1.82) is 0 Å². The lowest BCUT2D eigenvalue weighted by molar-refractivity contribution is -0.143. The van der Waals surface area contributed by atoms with Crippen molar-refractivity contribution in [2.45, 2.75) is 86.0 Å². The number of esters is 1. The van der Waals surface area contributed by atoms with Crippen LogP contribution in [-0.2, 0) is 26.8 Å². The minimum absolute atomic E-state index is 0.111. The van der Waals surface area contributed by atoms with Gasteiger partial charge in [0.1, 0.15) is 0 Å². The van der Waals surface area contributed by atoms with Crippen LogP contribution < -0.4 is 0 Å². The van der Waals surface area contributed by atoms with Crippen molar-refractivity contribution in [2.24, 2.45) is 0 Å². The number of carbonyl (C=O) groups excluding carboxylic acids is 1. The largest absolute Gasteiger partial charge is 0.466 e. The molecule has 0 saturated heterocycles. The first-order valence-corrected chi connectivity index (χ1v) is 8.84. The van der Waals surface area contributed by atoms with Gasteiger partial charge in [0.05, 0.1) is 6.61 Å². The molecule has 0 saturated carbocycles. The first-order valence-electron chi connectivity index (χ1n) is 8.84. The first kappa shape index (κ1) is 21.7. The number of ether oxygens (including phenoxy) is 1. The third-order valence-electron chi connectivity index (χ3n) is 3.65. The second kappa shape index (κ2) is 9.10. The van der Waals surface area contributed by atoms with Crippen LogP contribution in [0.4, 0.5) is 0 Å².